The van der Waals surface area contributed by atoms with Crippen LogP contribution in [0.4, 0.5) is 4.39 Å². The Hall–Kier alpha value is -1.98. The minimum atomic E-state index is -0.186. The summed E-state index contributed by atoms with van der Waals surface area (Å²) in [7, 11) is 1.64. The number of para-hydroxylation sites is 1. The lowest BCUT2D eigenvalue weighted by Gasteiger charge is -2.28. The van der Waals surface area contributed by atoms with E-state index in [1.807, 2.05) is 30.3 Å². The highest BCUT2D eigenvalue weighted by Gasteiger charge is 2.24. The maximum atomic E-state index is 13.7. The number of methoxy groups -OCH3 is 1. The molecule has 0 fully saturated rings. The van der Waals surface area contributed by atoms with Gasteiger partial charge in [-0.1, -0.05) is 12.1 Å². The van der Waals surface area contributed by atoms with Gasteiger partial charge in [0.1, 0.15) is 11.6 Å². The van der Waals surface area contributed by atoms with Gasteiger partial charge in [-0.2, -0.15) is 0 Å². The van der Waals surface area contributed by atoms with Gasteiger partial charge in [0, 0.05) is 16.3 Å². The van der Waals surface area contributed by atoms with Crippen molar-refractivity contribution in [1.82, 2.24) is 5.32 Å². The second kappa shape index (κ2) is 6.73. The van der Waals surface area contributed by atoms with Gasteiger partial charge in [0.2, 0.25) is 0 Å². The normalized spacial score (nSPS) is 18.1. The number of ether oxygens (including phenoxy) is 1. The van der Waals surface area contributed by atoms with Crippen LogP contribution < -0.4 is 10.1 Å². The van der Waals surface area contributed by atoms with E-state index < -0.39 is 0 Å². The van der Waals surface area contributed by atoms with Gasteiger partial charge < -0.3 is 14.5 Å². The molecule has 0 saturated carbocycles. The van der Waals surface area contributed by atoms with E-state index in [0.29, 0.717) is 0 Å². The van der Waals surface area contributed by atoms with Crippen LogP contribution in [0.25, 0.3) is 11.0 Å². The number of benzene rings is 2. The molecule has 0 radical (unpaired) electrons. The molecule has 0 saturated heterocycles. The maximum Gasteiger partial charge on any atom is 0.176 e. The zero-order chi connectivity index (χ0) is 17.4. The van der Waals surface area contributed by atoms with Gasteiger partial charge in [0.15, 0.2) is 11.3 Å². The van der Waals surface area contributed by atoms with Crippen molar-refractivity contribution in [2.24, 2.45) is 0 Å². The Balaban J connectivity index is 1.61. The summed E-state index contributed by atoms with van der Waals surface area (Å²) in [6.07, 6.45) is 0.967. The smallest absolute Gasteiger partial charge is 0.176 e. The Morgan fingerprint density at radius 2 is 2.16 bits per heavy atom. The van der Waals surface area contributed by atoms with E-state index in [9.17, 15) is 4.39 Å². The Morgan fingerprint density at radius 1 is 1.28 bits per heavy atom. The summed E-state index contributed by atoms with van der Waals surface area (Å²) >= 11 is 1.79. The molecule has 5 heteroatoms. The summed E-state index contributed by atoms with van der Waals surface area (Å²) in [5.41, 5.74) is 1.80. The van der Waals surface area contributed by atoms with Crippen molar-refractivity contribution < 1.29 is 13.5 Å². The first-order valence-electron chi connectivity index (χ1n) is 8.40. The summed E-state index contributed by atoms with van der Waals surface area (Å²) in [6.45, 7) is 2.07. The molecule has 2 atom stereocenters. The molecule has 2 unspecified atom stereocenters. The third-order valence-electron chi connectivity index (χ3n) is 4.64. The number of halogens is 1. The molecule has 3 nitrogen and oxygen atoms in total. The molecular formula is C20H20FNO2S. The van der Waals surface area contributed by atoms with Crippen LogP contribution in [0.15, 0.2) is 51.8 Å². The van der Waals surface area contributed by atoms with Crippen LogP contribution in [0.3, 0.4) is 0 Å². The molecule has 4 rings (SSSR count). The molecule has 2 heterocycles. The standard InChI is InChI=1S/C20H20FNO2S/c1-12(18-10-13-4-3-5-17(23-2)20(13)24-18)22-16-8-9-25-19-7-6-14(21)11-15(16)19/h3-7,10-12,16,22H,8-9H2,1-2H3. The van der Waals surface area contributed by atoms with Crippen molar-refractivity contribution in [3.05, 3.63) is 59.6 Å². The van der Waals surface area contributed by atoms with Crippen molar-refractivity contribution in [1.29, 1.82) is 0 Å². The van der Waals surface area contributed by atoms with Gasteiger partial charge in [-0.05, 0) is 55.0 Å². The molecular weight excluding hydrogens is 337 g/mol. The van der Waals surface area contributed by atoms with Crippen LogP contribution in [0.5, 0.6) is 5.75 Å². The number of thioether (sulfide) groups is 1. The minimum Gasteiger partial charge on any atom is -0.493 e. The number of fused-ring (bicyclic) bond motifs is 2. The molecule has 0 aliphatic carbocycles. The van der Waals surface area contributed by atoms with Gasteiger partial charge in [0.05, 0.1) is 13.2 Å². The van der Waals surface area contributed by atoms with Crippen molar-refractivity contribution >= 4 is 22.7 Å². The third-order valence-corrected chi connectivity index (χ3v) is 5.76. The highest BCUT2D eigenvalue weighted by atomic mass is 32.2. The summed E-state index contributed by atoms with van der Waals surface area (Å²) in [5, 5.41) is 4.62. The first-order chi connectivity index (χ1) is 12.2. The van der Waals surface area contributed by atoms with Gasteiger partial charge in [-0.3, -0.25) is 0 Å². The van der Waals surface area contributed by atoms with Crippen LogP contribution >= 0.6 is 11.8 Å². The van der Waals surface area contributed by atoms with Crippen molar-refractivity contribution in [2.45, 2.75) is 30.3 Å². The van der Waals surface area contributed by atoms with Gasteiger partial charge in [-0.15, -0.1) is 11.8 Å². The lowest BCUT2D eigenvalue weighted by molar-refractivity contribution is 0.381. The zero-order valence-electron chi connectivity index (χ0n) is 14.2. The van der Waals surface area contributed by atoms with E-state index in [2.05, 4.69) is 12.2 Å². The quantitative estimate of drug-likeness (QED) is 0.671. The summed E-state index contributed by atoms with van der Waals surface area (Å²) in [6, 6.07) is 13.1. The maximum absolute atomic E-state index is 13.7. The predicted octanol–water partition coefficient (Wildman–Crippen LogP) is 5.47. The molecule has 3 aromatic rings. The van der Waals surface area contributed by atoms with E-state index >= 15 is 0 Å². The van der Waals surface area contributed by atoms with Crippen LogP contribution in [0, 0.1) is 5.82 Å². The van der Waals surface area contributed by atoms with Gasteiger partial charge >= 0.3 is 0 Å². The molecule has 130 valence electrons. The van der Waals surface area contributed by atoms with Gasteiger partial charge in [-0.25, -0.2) is 4.39 Å². The largest absolute Gasteiger partial charge is 0.493 e. The van der Waals surface area contributed by atoms with E-state index in [-0.39, 0.29) is 17.9 Å². The fraction of sp³-hybridized carbons (Fsp3) is 0.300. The number of hydrogen-bond acceptors (Lipinski definition) is 4. The average molecular weight is 357 g/mol. The average Bonchev–Trinajstić information content (AvgIpc) is 3.06. The third kappa shape index (κ3) is 3.14. The van der Waals surface area contributed by atoms with E-state index in [1.54, 1.807) is 24.9 Å². The van der Waals surface area contributed by atoms with Crippen molar-refractivity contribution in [3.63, 3.8) is 0 Å². The lowest BCUT2D eigenvalue weighted by atomic mass is 10.0. The van der Waals surface area contributed by atoms with Crippen LogP contribution in [-0.2, 0) is 0 Å². The molecule has 0 bridgehead atoms. The Bertz CT molecular complexity index is 908. The van der Waals surface area contributed by atoms with Crippen molar-refractivity contribution in [3.8, 4) is 5.75 Å². The predicted molar refractivity (Wildman–Crippen MR) is 98.8 cm³/mol. The molecule has 1 N–H and O–H groups in total. The zero-order valence-corrected chi connectivity index (χ0v) is 15.0. The molecule has 0 spiro atoms. The molecule has 1 aromatic heterocycles. The highest BCUT2D eigenvalue weighted by Crippen LogP contribution is 2.38. The fourth-order valence-electron chi connectivity index (χ4n) is 3.35. The number of hydrogen-bond donors (Lipinski definition) is 1. The van der Waals surface area contributed by atoms with Crippen LogP contribution in [0.2, 0.25) is 0 Å². The van der Waals surface area contributed by atoms with Gasteiger partial charge in [0.25, 0.3) is 0 Å². The Kier molecular flexibility index (Phi) is 4.44. The topological polar surface area (TPSA) is 34.4 Å². The molecule has 1 aliphatic rings. The van der Waals surface area contributed by atoms with E-state index in [1.165, 1.54) is 6.07 Å². The summed E-state index contributed by atoms with van der Waals surface area (Å²) in [4.78, 5) is 1.16. The minimum absolute atomic E-state index is 0.0151. The van der Waals surface area contributed by atoms with E-state index in [0.717, 1.165) is 45.1 Å². The van der Waals surface area contributed by atoms with Crippen LogP contribution in [-0.4, -0.2) is 12.9 Å². The number of rotatable bonds is 4. The Labute approximate surface area is 150 Å². The van der Waals surface area contributed by atoms with E-state index in [4.69, 9.17) is 9.15 Å². The Morgan fingerprint density at radius 3 is 3.00 bits per heavy atom. The first kappa shape index (κ1) is 16.5. The summed E-state index contributed by atoms with van der Waals surface area (Å²) in [5.74, 6) is 2.43. The number of furan rings is 1. The molecule has 25 heavy (non-hydrogen) atoms. The second-order valence-electron chi connectivity index (χ2n) is 6.29. The highest BCUT2D eigenvalue weighted by molar-refractivity contribution is 7.99. The van der Waals surface area contributed by atoms with Crippen molar-refractivity contribution in [2.75, 3.05) is 12.9 Å². The monoisotopic (exact) mass is 357 g/mol. The summed E-state index contributed by atoms with van der Waals surface area (Å²) < 4.78 is 25.1. The molecule has 2 aromatic carbocycles. The SMILES string of the molecule is COc1cccc2cc(C(C)NC3CCSc4ccc(F)cc43)oc12. The fourth-order valence-corrected chi connectivity index (χ4v) is 4.46. The molecule has 1 aliphatic heterocycles. The molecule has 0 amide bonds. The first-order valence-corrected chi connectivity index (χ1v) is 9.39. The number of nitrogens with one attached hydrogen (secondary N) is 1. The van der Waals surface area contributed by atoms with Crippen LogP contribution in [0.1, 0.15) is 36.8 Å². The lowest BCUT2D eigenvalue weighted by Crippen LogP contribution is -2.27. The second-order valence-corrected chi connectivity index (χ2v) is 7.42.